The minimum atomic E-state index is -1.85. The fraction of sp³-hybridized carbons (Fsp3) is 0.229. The number of para-hydroxylation sites is 4. The summed E-state index contributed by atoms with van der Waals surface area (Å²) in [6, 6.07) is 103. The van der Waals surface area contributed by atoms with E-state index >= 15 is 0 Å². The van der Waals surface area contributed by atoms with Gasteiger partial charge in [0.2, 0.25) is 0 Å². The van der Waals surface area contributed by atoms with Crippen LogP contribution in [0.5, 0.6) is 0 Å². The van der Waals surface area contributed by atoms with Crippen LogP contribution in [0.25, 0.3) is 98.8 Å². The number of benzene rings is 13. The predicted molar refractivity (Wildman–Crippen MR) is 451 cm³/mol. The average Bonchev–Trinajstić information content (AvgIpc) is 0.885. The SMILES string of the molecule is CC(C)(C)c1cc(N(c2ccc3c(-c4cccc([Si](C)(C)C)c4)c4cc(N(c5cc(C(C)(C)C)cc(C(C)(C)C)c5)c5ccc6c7ccccc7n(-c7ccccc7)c6c5)ccc4c(-c4cccc([Si](C)(C)C)c4)c3c2)c2ccc3c4ccccc4n(-c4ccccc4)c3c2)cc(C(C)(C)C)c1. The fourth-order valence-electron chi connectivity index (χ4n) is 15.4. The summed E-state index contributed by atoms with van der Waals surface area (Å²) < 4.78 is 4.91. The molecule has 0 saturated heterocycles. The highest BCUT2D eigenvalue weighted by atomic mass is 28.3. The third-order valence-corrected chi connectivity index (χ3v) is 25.4. The van der Waals surface area contributed by atoms with Crippen LogP contribution >= 0.6 is 0 Å². The van der Waals surface area contributed by atoms with Gasteiger partial charge in [-0.15, -0.1) is 0 Å². The van der Waals surface area contributed by atoms with Gasteiger partial charge >= 0.3 is 0 Å². The van der Waals surface area contributed by atoms with Crippen molar-refractivity contribution in [3.63, 3.8) is 0 Å². The van der Waals surface area contributed by atoms with Gasteiger partial charge in [-0.2, -0.15) is 0 Å². The quantitative estimate of drug-likeness (QED) is 0.0895. The second-order valence-electron chi connectivity index (χ2n) is 34.9. The van der Waals surface area contributed by atoms with Gasteiger partial charge in [0.15, 0.2) is 0 Å². The van der Waals surface area contributed by atoms with Crippen LogP contribution in [0.1, 0.15) is 105 Å². The number of fused-ring (bicyclic) bond motifs is 8. The van der Waals surface area contributed by atoms with Gasteiger partial charge in [0, 0.05) is 67.0 Å². The van der Waals surface area contributed by atoms with Gasteiger partial charge < -0.3 is 18.9 Å². The summed E-state index contributed by atoms with van der Waals surface area (Å²) in [5.74, 6) is 0. The van der Waals surface area contributed by atoms with Gasteiger partial charge in [-0.05, 0) is 197 Å². The monoisotopic (exact) mass is 1360 g/mol. The molecule has 15 rings (SSSR count). The van der Waals surface area contributed by atoms with Crippen molar-refractivity contribution in [2.24, 2.45) is 0 Å². The molecule has 0 saturated carbocycles. The molecule has 102 heavy (non-hydrogen) atoms. The van der Waals surface area contributed by atoms with E-state index in [2.05, 4.69) is 408 Å². The molecule has 6 heteroatoms. The highest BCUT2D eigenvalue weighted by Gasteiger charge is 2.30. The molecule has 0 aliphatic carbocycles. The maximum absolute atomic E-state index is 2.57. The summed E-state index contributed by atoms with van der Waals surface area (Å²) in [7, 11) is -3.70. The molecule has 2 aromatic heterocycles. The summed E-state index contributed by atoms with van der Waals surface area (Å²) >= 11 is 0. The van der Waals surface area contributed by atoms with E-state index in [-0.39, 0.29) is 21.7 Å². The van der Waals surface area contributed by atoms with Gasteiger partial charge in [0.1, 0.15) is 0 Å². The van der Waals surface area contributed by atoms with Crippen LogP contribution < -0.4 is 20.2 Å². The Labute approximate surface area is 607 Å². The van der Waals surface area contributed by atoms with Crippen LogP contribution in [-0.4, -0.2) is 25.3 Å². The first kappa shape index (κ1) is 67.8. The lowest BCUT2D eigenvalue weighted by atomic mass is 9.80. The summed E-state index contributed by atoms with van der Waals surface area (Å²) in [6.07, 6.45) is 0. The zero-order valence-electron chi connectivity index (χ0n) is 63.2. The molecule has 0 spiro atoms. The van der Waals surface area contributed by atoms with E-state index < -0.39 is 16.1 Å². The molecule has 0 bridgehead atoms. The lowest BCUT2D eigenvalue weighted by molar-refractivity contribution is 0.568. The van der Waals surface area contributed by atoms with Crippen molar-refractivity contribution in [3.8, 4) is 33.6 Å². The van der Waals surface area contributed by atoms with E-state index in [0.717, 1.165) is 56.5 Å². The van der Waals surface area contributed by atoms with Gasteiger partial charge in [-0.1, -0.05) is 290 Å². The Bertz CT molecular complexity index is 5350. The van der Waals surface area contributed by atoms with Crippen molar-refractivity contribution < 1.29 is 0 Å². The first-order valence-corrected chi connectivity index (χ1v) is 43.7. The fourth-order valence-corrected chi connectivity index (χ4v) is 17.8. The van der Waals surface area contributed by atoms with Crippen molar-refractivity contribution in [3.05, 3.63) is 289 Å². The molecule has 0 N–H and O–H groups in total. The maximum atomic E-state index is 2.57. The van der Waals surface area contributed by atoms with E-state index in [1.807, 2.05) is 0 Å². The van der Waals surface area contributed by atoms with Crippen molar-refractivity contribution in [1.82, 2.24) is 9.13 Å². The zero-order chi connectivity index (χ0) is 71.7. The van der Waals surface area contributed by atoms with Gasteiger partial charge in [0.05, 0.1) is 38.2 Å². The smallest absolute Gasteiger partial charge is 0.0776 e. The molecule has 15 aromatic rings. The standard InChI is InChI=1S/C96H98N4Si2/c1-93(2,3)65-53-66(94(4,5)6)56-75(55-65)97(73-43-47-81-79-39-25-27-41-87(79)99(89(81)61-73)69-33-21-19-22-34-69)71-45-49-83-85(59-71)91(63-31-29-37-77(51-63)101(13,14)15)84-50-46-72(60-86(84)92(83)64-32-30-38-78(52-64)102(16,17)18)98(76-57-67(95(7,8)9)54-68(58-76)96(10,11)12)74-44-48-82-80-40-26-28-42-88(80)100(90(82)62-74)70-35-23-20-24-36-70/h19-62H,1-18H3. The molecular formula is C96H98N4Si2. The number of anilines is 6. The van der Waals surface area contributed by atoms with Crippen LogP contribution in [0.15, 0.2) is 267 Å². The molecule has 2 heterocycles. The van der Waals surface area contributed by atoms with E-state index in [4.69, 9.17) is 0 Å². The molecule has 0 aliphatic heterocycles. The van der Waals surface area contributed by atoms with E-state index in [9.17, 15) is 0 Å². The normalized spacial score (nSPS) is 12.8. The Balaban J connectivity index is 1.07. The molecule has 510 valence electrons. The number of nitrogens with zero attached hydrogens (tertiary/aromatic N) is 4. The third-order valence-electron chi connectivity index (χ3n) is 21.3. The topological polar surface area (TPSA) is 16.3 Å². The van der Waals surface area contributed by atoms with E-state index in [1.165, 1.54) is 109 Å². The first-order valence-electron chi connectivity index (χ1n) is 36.7. The molecule has 4 nitrogen and oxygen atoms in total. The molecule has 0 fully saturated rings. The molecule has 0 aliphatic rings. The summed E-state index contributed by atoms with van der Waals surface area (Å²) in [5, 5.41) is 12.6. The van der Waals surface area contributed by atoms with Crippen LogP contribution in [0, 0.1) is 0 Å². The lowest BCUT2D eigenvalue weighted by Crippen LogP contribution is -2.37. The van der Waals surface area contributed by atoms with Crippen molar-refractivity contribution in [1.29, 1.82) is 0 Å². The molecule has 0 radical (unpaired) electrons. The Hall–Kier alpha value is -9.99. The van der Waals surface area contributed by atoms with Crippen LogP contribution in [-0.2, 0) is 21.7 Å². The van der Waals surface area contributed by atoms with Crippen LogP contribution in [0.4, 0.5) is 34.1 Å². The third kappa shape index (κ3) is 12.4. The van der Waals surface area contributed by atoms with Crippen molar-refractivity contribution in [2.75, 3.05) is 9.80 Å². The Morgan fingerprint density at radius 1 is 0.235 bits per heavy atom. The minimum Gasteiger partial charge on any atom is -0.310 e. The molecule has 0 amide bonds. The van der Waals surface area contributed by atoms with Crippen LogP contribution in [0.3, 0.4) is 0 Å². The predicted octanol–water partition coefficient (Wildman–Crippen LogP) is 26.7. The number of hydrogen-bond donors (Lipinski definition) is 0. The first-order chi connectivity index (χ1) is 48.4. The second-order valence-corrected chi connectivity index (χ2v) is 45.0. The van der Waals surface area contributed by atoms with Gasteiger partial charge in [0.25, 0.3) is 0 Å². The van der Waals surface area contributed by atoms with E-state index in [0.29, 0.717) is 0 Å². The van der Waals surface area contributed by atoms with Gasteiger partial charge in [-0.25, -0.2) is 0 Å². The highest BCUT2D eigenvalue weighted by Crippen LogP contribution is 2.51. The Kier molecular flexibility index (Phi) is 16.6. The van der Waals surface area contributed by atoms with Crippen LogP contribution in [0.2, 0.25) is 39.3 Å². The summed E-state index contributed by atoms with van der Waals surface area (Å²) in [6.45, 7) is 43.2. The zero-order valence-corrected chi connectivity index (χ0v) is 65.2. The van der Waals surface area contributed by atoms with Crippen molar-refractivity contribution in [2.45, 2.75) is 144 Å². The number of hydrogen-bond acceptors (Lipinski definition) is 2. The molecular weight excluding hydrogens is 1270 g/mol. The van der Waals surface area contributed by atoms with E-state index in [1.54, 1.807) is 0 Å². The highest BCUT2D eigenvalue weighted by molar-refractivity contribution is 6.89. The Morgan fingerprint density at radius 2 is 0.539 bits per heavy atom. The van der Waals surface area contributed by atoms with Crippen molar-refractivity contribution >= 4 is 126 Å². The minimum absolute atomic E-state index is 0.130. The average molecular weight is 1360 g/mol. The number of aromatic nitrogens is 2. The number of rotatable bonds is 12. The molecule has 13 aromatic carbocycles. The second kappa shape index (κ2) is 24.9. The summed E-state index contributed by atoms with van der Waals surface area (Å²) in [5.41, 5.74) is 23.3. The van der Waals surface area contributed by atoms with Gasteiger partial charge in [-0.3, -0.25) is 0 Å². The molecule has 0 atom stereocenters. The molecule has 0 unspecified atom stereocenters. The maximum Gasteiger partial charge on any atom is 0.0776 e. The Morgan fingerprint density at radius 3 is 0.873 bits per heavy atom. The lowest BCUT2D eigenvalue weighted by Gasteiger charge is -2.32. The summed E-state index contributed by atoms with van der Waals surface area (Å²) in [4.78, 5) is 5.14. The largest absolute Gasteiger partial charge is 0.310 e.